The predicted octanol–water partition coefficient (Wildman–Crippen LogP) is 1.65. The number of hydrogen-bond acceptors (Lipinski definition) is 2. The van der Waals surface area contributed by atoms with E-state index >= 15 is 0 Å². The van der Waals surface area contributed by atoms with Crippen molar-refractivity contribution in [3.05, 3.63) is 0 Å². The van der Waals surface area contributed by atoms with Crippen LogP contribution in [0.4, 0.5) is 0 Å². The van der Waals surface area contributed by atoms with Gasteiger partial charge < -0.3 is 10.4 Å². The molecule has 4 rings (SSSR count). The molecular formula is C14H21NO3. The molecule has 4 bridgehead atoms. The Balaban J connectivity index is 1.81. The van der Waals surface area contributed by atoms with Crippen LogP contribution in [-0.2, 0) is 9.59 Å². The second-order valence-electron chi connectivity index (χ2n) is 6.52. The molecule has 0 saturated heterocycles. The maximum absolute atomic E-state index is 11.4. The van der Waals surface area contributed by atoms with E-state index in [0.29, 0.717) is 11.8 Å². The molecule has 4 aliphatic rings. The van der Waals surface area contributed by atoms with Crippen LogP contribution in [0.15, 0.2) is 0 Å². The van der Waals surface area contributed by atoms with Crippen molar-refractivity contribution in [2.45, 2.75) is 45.1 Å². The normalized spacial score (nSPS) is 42.6. The van der Waals surface area contributed by atoms with Gasteiger partial charge in [0, 0.05) is 6.92 Å². The zero-order valence-corrected chi connectivity index (χ0v) is 10.8. The predicted molar refractivity (Wildman–Crippen MR) is 65.8 cm³/mol. The molecule has 4 saturated carbocycles. The van der Waals surface area contributed by atoms with Gasteiger partial charge in [-0.25, -0.2) is 4.79 Å². The van der Waals surface area contributed by atoms with Crippen molar-refractivity contribution in [2.75, 3.05) is 0 Å². The van der Waals surface area contributed by atoms with Crippen LogP contribution in [-0.4, -0.2) is 23.0 Å². The number of carbonyl (C=O) groups is 2. The van der Waals surface area contributed by atoms with Crippen molar-refractivity contribution >= 4 is 11.9 Å². The molecule has 1 unspecified atom stereocenters. The van der Waals surface area contributed by atoms with E-state index in [0.717, 1.165) is 11.8 Å². The second-order valence-corrected chi connectivity index (χ2v) is 6.52. The molecule has 0 aromatic heterocycles. The van der Waals surface area contributed by atoms with E-state index < -0.39 is 12.0 Å². The lowest BCUT2D eigenvalue weighted by atomic mass is 9.50. The van der Waals surface area contributed by atoms with Gasteiger partial charge in [-0.05, 0) is 61.7 Å². The van der Waals surface area contributed by atoms with Crippen LogP contribution in [0.3, 0.4) is 0 Å². The number of carboxylic acids is 1. The van der Waals surface area contributed by atoms with Crippen LogP contribution in [0.2, 0.25) is 0 Å². The Kier molecular flexibility index (Phi) is 2.83. The number of nitrogens with one attached hydrogen (secondary N) is 1. The summed E-state index contributed by atoms with van der Waals surface area (Å²) in [5.41, 5.74) is 0. The Morgan fingerprint density at radius 1 is 1.06 bits per heavy atom. The summed E-state index contributed by atoms with van der Waals surface area (Å²) in [7, 11) is 0. The SMILES string of the molecule is CC(=O)NC(C(=O)O)C1C2CC3CC(C2)CC1C3. The fourth-order valence-corrected chi connectivity index (χ4v) is 5.05. The highest BCUT2D eigenvalue weighted by atomic mass is 16.4. The highest BCUT2D eigenvalue weighted by Gasteiger charge is 2.52. The van der Waals surface area contributed by atoms with Crippen LogP contribution in [0.25, 0.3) is 0 Å². The summed E-state index contributed by atoms with van der Waals surface area (Å²) in [6.07, 6.45) is 6.09. The Morgan fingerprint density at radius 2 is 1.56 bits per heavy atom. The topological polar surface area (TPSA) is 66.4 Å². The average Bonchev–Trinajstić information content (AvgIpc) is 2.25. The van der Waals surface area contributed by atoms with E-state index in [4.69, 9.17) is 0 Å². The Morgan fingerprint density at radius 3 is 1.94 bits per heavy atom. The molecule has 4 nitrogen and oxygen atoms in total. The molecule has 1 amide bonds. The lowest BCUT2D eigenvalue weighted by molar-refractivity contribution is -0.149. The number of rotatable bonds is 3. The fourth-order valence-electron chi connectivity index (χ4n) is 5.05. The minimum Gasteiger partial charge on any atom is -0.480 e. The lowest BCUT2D eigenvalue weighted by Crippen LogP contribution is -2.56. The first kappa shape index (κ1) is 12.0. The van der Waals surface area contributed by atoms with Gasteiger partial charge in [-0.2, -0.15) is 0 Å². The van der Waals surface area contributed by atoms with Crippen molar-refractivity contribution < 1.29 is 14.7 Å². The monoisotopic (exact) mass is 251 g/mol. The lowest BCUT2D eigenvalue weighted by Gasteiger charge is -2.55. The molecule has 0 spiro atoms. The van der Waals surface area contributed by atoms with Crippen molar-refractivity contribution in [3.8, 4) is 0 Å². The largest absolute Gasteiger partial charge is 0.480 e. The summed E-state index contributed by atoms with van der Waals surface area (Å²) >= 11 is 0. The van der Waals surface area contributed by atoms with Crippen LogP contribution in [0.5, 0.6) is 0 Å². The molecule has 0 aromatic rings. The van der Waals surface area contributed by atoms with Gasteiger partial charge in [0.25, 0.3) is 0 Å². The third-order valence-electron chi connectivity index (χ3n) is 5.31. The van der Waals surface area contributed by atoms with Gasteiger partial charge in [-0.3, -0.25) is 4.79 Å². The molecule has 0 heterocycles. The highest BCUT2D eigenvalue weighted by molar-refractivity contribution is 5.82. The molecule has 2 N–H and O–H groups in total. The number of carbonyl (C=O) groups excluding carboxylic acids is 1. The van der Waals surface area contributed by atoms with Gasteiger partial charge in [0.05, 0.1) is 0 Å². The molecule has 0 aromatic carbocycles. The fraction of sp³-hybridized carbons (Fsp3) is 0.857. The van der Waals surface area contributed by atoms with Crippen molar-refractivity contribution in [3.63, 3.8) is 0 Å². The van der Waals surface area contributed by atoms with Gasteiger partial charge in [0.1, 0.15) is 6.04 Å². The van der Waals surface area contributed by atoms with Gasteiger partial charge in [-0.15, -0.1) is 0 Å². The molecule has 4 fully saturated rings. The van der Waals surface area contributed by atoms with Crippen LogP contribution in [0, 0.1) is 29.6 Å². The summed E-state index contributed by atoms with van der Waals surface area (Å²) in [5, 5.41) is 12.1. The first-order chi connectivity index (χ1) is 8.54. The van der Waals surface area contributed by atoms with E-state index in [9.17, 15) is 14.7 Å². The molecule has 100 valence electrons. The summed E-state index contributed by atoms with van der Waals surface area (Å²) in [6.45, 7) is 1.41. The van der Waals surface area contributed by atoms with E-state index in [1.165, 1.54) is 39.0 Å². The van der Waals surface area contributed by atoms with Crippen molar-refractivity contribution in [1.29, 1.82) is 0 Å². The number of amides is 1. The molecule has 0 radical (unpaired) electrons. The zero-order valence-electron chi connectivity index (χ0n) is 10.8. The standard InChI is InChI=1S/C14H21NO3/c1-7(16)15-13(14(17)18)12-10-3-8-2-9(5-10)6-11(12)4-8/h8-13H,2-6H2,1H3,(H,15,16)(H,17,18). The van der Waals surface area contributed by atoms with E-state index in [1.807, 2.05) is 0 Å². The number of hydrogen-bond donors (Lipinski definition) is 2. The van der Waals surface area contributed by atoms with Gasteiger partial charge in [0.15, 0.2) is 0 Å². The summed E-state index contributed by atoms with van der Waals surface area (Å²) in [5.74, 6) is 1.78. The Hall–Kier alpha value is -1.06. The van der Waals surface area contributed by atoms with E-state index in [2.05, 4.69) is 5.32 Å². The Bertz CT molecular complexity index is 351. The summed E-state index contributed by atoms with van der Waals surface area (Å²) in [6, 6.07) is -0.669. The van der Waals surface area contributed by atoms with Crippen LogP contribution in [0.1, 0.15) is 39.0 Å². The van der Waals surface area contributed by atoms with Crippen molar-refractivity contribution in [2.24, 2.45) is 29.6 Å². The minimum atomic E-state index is -0.859. The number of carboxylic acid groups (broad SMARTS) is 1. The molecule has 4 aliphatic carbocycles. The van der Waals surface area contributed by atoms with Gasteiger partial charge in [0.2, 0.25) is 5.91 Å². The minimum absolute atomic E-state index is 0.166. The third kappa shape index (κ3) is 1.91. The van der Waals surface area contributed by atoms with E-state index in [1.54, 1.807) is 0 Å². The quantitative estimate of drug-likeness (QED) is 0.801. The van der Waals surface area contributed by atoms with Gasteiger partial charge in [-0.1, -0.05) is 0 Å². The van der Waals surface area contributed by atoms with Crippen LogP contribution >= 0.6 is 0 Å². The van der Waals surface area contributed by atoms with Gasteiger partial charge >= 0.3 is 5.97 Å². The molecular weight excluding hydrogens is 230 g/mol. The zero-order chi connectivity index (χ0) is 12.9. The first-order valence-corrected chi connectivity index (χ1v) is 7.04. The summed E-state index contributed by atoms with van der Waals surface area (Å²) < 4.78 is 0. The highest BCUT2D eigenvalue weighted by Crippen LogP contribution is 2.57. The third-order valence-corrected chi connectivity index (χ3v) is 5.31. The van der Waals surface area contributed by atoms with E-state index in [-0.39, 0.29) is 11.8 Å². The smallest absolute Gasteiger partial charge is 0.326 e. The average molecular weight is 251 g/mol. The molecule has 4 heteroatoms. The first-order valence-electron chi connectivity index (χ1n) is 7.04. The molecule has 18 heavy (non-hydrogen) atoms. The second kappa shape index (κ2) is 4.25. The maximum Gasteiger partial charge on any atom is 0.326 e. The van der Waals surface area contributed by atoms with Crippen molar-refractivity contribution in [1.82, 2.24) is 5.32 Å². The molecule has 1 atom stereocenters. The summed E-state index contributed by atoms with van der Waals surface area (Å²) in [4.78, 5) is 22.7. The molecule has 0 aliphatic heterocycles. The number of aliphatic carboxylic acids is 1. The Labute approximate surface area is 107 Å². The maximum atomic E-state index is 11.4. The van der Waals surface area contributed by atoms with Crippen LogP contribution < -0.4 is 5.32 Å².